The molecule has 5 rings (SSSR count). The summed E-state index contributed by atoms with van der Waals surface area (Å²) in [7, 11) is 0. The van der Waals surface area contributed by atoms with Crippen molar-refractivity contribution in [3.8, 4) is 11.4 Å². The zero-order chi connectivity index (χ0) is 21.6. The van der Waals surface area contributed by atoms with Crippen molar-refractivity contribution in [3.63, 3.8) is 0 Å². The van der Waals surface area contributed by atoms with E-state index in [2.05, 4.69) is 15.3 Å². The number of benzene rings is 1. The highest BCUT2D eigenvalue weighted by Gasteiger charge is 2.33. The third-order valence-electron chi connectivity index (χ3n) is 5.41. The van der Waals surface area contributed by atoms with E-state index in [0.717, 1.165) is 34.8 Å². The molecule has 0 saturated heterocycles. The summed E-state index contributed by atoms with van der Waals surface area (Å²) < 4.78 is 9.29. The quantitative estimate of drug-likeness (QED) is 0.436. The minimum Gasteiger partial charge on any atom is -0.493 e. The van der Waals surface area contributed by atoms with E-state index in [4.69, 9.17) is 4.74 Å². The lowest BCUT2D eigenvalue weighted by molar-refractivity contribution is 0.0553. The molecule has 1 saturated carbocycles. The zero-order valence-corrected chi connectivity index (χ0v) is 18.3. The lowest BCUT2D eigenvalue weighted by atomic mass is 10.1. The first-order chi connectivity index (χ1) is 14.9. The standard InChI is InChI=1S/C22H25N5O3S/c1-22(2,29)9-10-30-16-7-5-15(6-8-16)27-12-17(24-25-27)20(28)19-21(14-3-4-14)31-18-11-23-13-26(18)19/h5-8,11-14,20,28-29H,3-4,9-10H2,1-2H3. The summed E-state index contributed by atoms with van der Waals surface area (Å²) in [6.45, 7) is 3.96. The fraction of sp³-hybridized carbons (Fsp3) is 0.409. The predicted octanol–water partition coefficient (Wildman–Crippen LogP) is 3.48. The van der Waals surface area contributed by atoms with Crippen molar-refractivity contribution in [1.82, 2.24) is 24.4 Å². The lowest BCUT2D eigenvalue weighted by Gasteiger charge is -2.17. The van der Waals surface area contributed by atoms with Gasteiger partial charge in [-0.2, -0.15) is 0 Å². The van der Waals surface area contributed by atoms with Crippen LogP contribution in [0.15, 0.2) is 43.0 Å². The Bertz CT molecular complexity index is 1180. The van der Waals surface area contributed by atoms with Crippen LogP contribution in [0.4, 0.5) is 0 Å². The third-order valence-corrected chi connectivity index (χ3v) is 6.69. The number of ether oxygens (including phenoxy) is 1. The number of aromatic nitrogens is 5. The highest BCUT2D eigenvalue weighted by molar-refractivity contribution is 7.17. The van der Waals surface area contributed by atoms with E-state index in [9.17, 15) is 10.2 Å². The van der Waals surface area contributed by atoms with Crippen LogP contribution >= 0.6 is 11.3 Å². The average molecular weight is 440 g/mol. The third kappa shape index (κ3) is 4.21. The Hall–Kier alpha value is -2.75. The van der Waals surface area contributed by atoms with E-state index < -0.39 is 11.7 Å². The number of thiazole rings is 1. The number of aliphatic hydroxyl groups excluding tert-OH is 1. The van der Waals surface area contributed by atoms with E-state index in [-0.39, 0.29) is 0 Å². The van der Waals surface area contributed by atoms with Crippen LogP contribution in [0.1, 0.15) is 61.4 Å². The largest absolute Gasteiger partial charge is 0.493 e. The zero-order valence-electron chi connectivity index (χ0n) is 17.5. The van der Waals surface area contributed by atoms with E-state index in [1.165, 1.54) is 4.88 Å². The Morgan fingerprint density at radius 3 is 2.74 bits per heavy atom. The van der Waals surface area contributed by atoms with Crippen LogP contribution < -0.4 is 4.74 Å². The molecule has 1 aromatic carbocycles. The van der Waals surface area contributed by atoms with Crippen molar-refractivity contribution in [2.45, 2.75) is 50.7 Å². The van der Waals surface area contributed by atoms with Gasteiger partial charge in [0.25, 0.3) is 0 Å². The summed E-state index contributed by atoms with van der Waals surface area (Å²) in [5, 5.41) is 29.3. The van der Waals surface area contributed by atoms with Crippen LogP contribution in [0.2, 0.25) is 0 Å². The summed E-state index contributed by atoms with van der Waals surface area (Å²) in [6.07, 6.45) is 7.34. The molecule has 0 bridgehead atoms. The molecule has 0 amide bonds. The van der Waals surface area contributed by atoms with Gasteiger partial charge in [-0.05, 0) is 56.9 Å². The summed E-state index contributed by atoms with van der Waals surface area (Å²) in [5.41, 5.74) is 1.42. The monoisotopic (exact) mass is 439 g/mol. The summed E-state index contributed by atoms with van der Waals surface area (Å²) in [5.74, 6) is 1.25. The minimum atomic E-state index is -0.864. The molecule has 3 aromatic heterocycles. The molecule has 0 radical (unpaired) electrons. The molecule has 1 unspecified atom stereocenters. The number of imidazole rings is 1. The maximum atomic E-state index is 11.1. The molecule has 9 heteroatoms. The van der Waals surface area contributed by atoms with Crippen molar-refractivity contribution in [1.29, 1.82) is 0 Å². The van der Waals surface area contributed by atoms with Gasteiger partial charge in [-0.25, -0.2) is 9.67 Å². The molecule has 4 aromatic rings. The molecule has 0 aliphatic heterocycles. The molecule has 1 aliphatic carbocycles. The molecule has 8 nitrogen and oxygen atoms in total. The maximum absolute atomic E-state index is 11.1. The van der Waals surface area contributed by atoms with E-state index in [1.54, 1.807) is 42.4 Å². The second kappa shape index (κ2) is 7.74. The van der Waals surface area contributed by atoms with Crippen molar-refractivity contribution >= 4 is 16.2 Å². The molecule has 3 heterocycles. The van der Waals surface area contributed by atoms with Gasteiger partial charge in [0, 0.05) is 11.3 Å². The normalized spacial score (nSPS) is 15.5. The fourth-order valence-corrected chi connectivity index (χ4v) is 4.81. The molecule has 2 N–H and O–H groups in total. The van der Waals surface area contributed by atoms with E-state index in [1.807, 2.05) is 34.9 Å². The van der Waals surface area contributed by atoms with Crippen molar-refractivity contribution in [3.05, 3.63) is 59.3 Å². The number of nitrogens with zero attached hydrogens (tertiary/aromatic N) is 5. The summed E-state index contributed by atoms with van der Waals surface area (Å²) >= 11 is 1.69. The van der Waals surface area contributed by atoms with Gasteiger partial charge in [0.15, 0.2) is 0 Å². The number of fused-ring (bicyclic) bond motifs is 1. The Balaban J connectivity index is 1.33. The van der Waals surface area contributed by atoms with Crippen molar-refractivity contribution in [2.75, 3.05) is 6.61 Å². The number of hydrogen-bond acceptors (Lipinski definition) is 7. The van der Waals surface area contributed by atoms with E-state index in [0.29, 0.717) is 24.6 Å². The first-order valence-corrected chi connectivity index (χ1v) is 11.2. The van der Waals surface area contributed by atoms with Crippen LogP contribution in [-0.2, 0) is 0 Å². The molecule has 0 spiro atoms. The second-order valence-electron chi connectivity index (χ2n) is 8.62. The van der Waals surface area contributed by atoms with Gasteiger partial charge in [0.1, 0.15) is 28.7 Å². The van der Waals surface area contributed by atoms with Crippen LogP contribution in [0.25, 0.3) is 10.5 Å². The number of rotatable bonds is 8. The van der Waals surface area contributed by atoms with Crippen LogP contribution in [0, 0.1) is 0 Å². The minimum absolute atomic E-state index is 0.440. The van der Waals surface area contributed by atoms with Gasteiger partial charge in [-0.3, -0.25) is 4.40 Å². The van der Waals surface area contributed by atoms with Gasteiger partial charge in [-0.15, -0.1) is 16.4 Å². The van der Waals surface area contributed by atoms with Gasteiger partial charge < -0.3 is 14.9 Å². The molecule has 162 valence electrons. The molecule has 1 fully saturated rings. The maximum Gasteiger partial charge on any atom is 0.141 e. The molecular weight excluding hydrogens is 414 g/mol. The van der Waals surface area contributed by atoms with Crippen LogP contribution in [0.5, 0.6) is 5.75 Å². The molecular formula is C22H25N5O3S. The highest BCUT2D eigenvalue weighted by Crippen LogP contribution is 2.47. The SMILES string of the molecule is CC(C)(O)CCOc1ccc(-n2cc(C(O)c3c(C4CC4)sc4cncn34)nn2)cc1. The van der Waals surface area contributed by atoms with Crippen molar-refractivity contribution < 1.29 is 14.9 Å². The summed E-state index contributed by atoms with van der Waals surface area (Å²) in [6, 6.07) is 7.49. The first kappa shape index (κ1) is 20.2. The topological polar surface area (TPSA) is 97.7 Å². The average Bonchev–Trinajstić information content (AvgIpc) is 3.13. The number of hydrogen-bond donors (Lipinski definition) is 2. The Kier molecular flexibility index (Phi) is 5.04. The summed E-state index contributed by atoms with van der Waals surface area (Å²) in [4.78, 5) is 6.46. The number of aliphatic hydroxyl groups is 2. The van der Waals surface area contributed by atoms with E-state index >= 15 is 0 Å². The Labute approximate surface area is 183 Å². The van der Waals surface area contributed by atoms with Crippen LogP contribution in [0.3, 0.4) is 0 Å². The van der Waals surface area contributed by atoms with Gasteiger partial charge in [-0.1, -0.05) is 5.21 Å². The molecule has 31 heavy (non-hydrogen) atoms. The second-order valence-corrected chi connectivity index (χ2v) is 9.69. The molecule has 1 aliphatic rings. The van der Waals surface area contributed by atoms with Gasteiger partial charge >= 0.3 is 0 Å². The first-order valence-electron chi connectivity index (χ1n) is 10.4. The van der Waals surface area contributed by atoms with Gasteiger partial charge in [0.2, 0.25) is 0 Å². The smallest absolute Gasteiger partial charge is 0.141 e. The van der Waals surface area contributed by atoms with Crippen LogP contribution in [-0.4, -0.2) is 46.8 Å². The highest BCUT2D eigenvalue weighted by atomic mass is 32.1. The predicted molar refractivity (Wildman–Crippen MR) is 117 cm³/mol. The fourth-order valence-electron chi connectivity index (χ4n) is 3.51. The van der Waals surface area contributed by atoms with Crippen molar-refractivity contribution in [2.24, 2.45) is 0 Å². The Morgan fingerprint density at radius 1 is 1.26 bits per heavy atom. The lowest BCUT2D eigenvalue weighted by Crippen LogP contribution is -2.21. The Morgan fingerprint density at radius 2 is 2.03 bits per heavy atom. The van der Waals surface area contributed by atoms with Gasteiger partial charge in [0.05, 0.1) is 36.0 Å². The molecule has 1 atom stereocenters.